The van der Waals surface area contributed by atoms with Crippen molar-refractivity contribution in [2.75, 3.05) is 5.32 Å². The Balaban J connectivity index is 1.91. The second-order valence-electron chi connectivity index (χ2n) is 5.72. The SMILES string of the molecule is Cc1c(C(=O)Nc2ccccc2C(C)O)cnn1-c1ccccc1F. The molecule has 2 N–H and O–H groups in total. The Morgan fingerprint density at radius 2 is 1.88 bits per heavy atom. The van der Waals surface area contributed by atoms with Crippen molar-refractivity contribution in [3.05, 3.63) is 77.4 Å². The van der Waals surface area contributed by atoms with Gasteiger partial charge in [0.1, 0.15) is 11.5 Å². The van der Waals surface area contributed by atoms with E-state index >= 15 is 0 Å². The molecule has 1 aromatic heterocycles. The summed E-state index contributed by atoms with van der Waals surface area (Å²) >= 11 is 0. The maximum atomic E-state index is 14.0. The number of hydrogen-bond acceptors (Lipinski definition) is 3. The summed E-state index contributed by atoms with van der Waals surface area (Å²) in [6, 6.07) is 13.3. The van der Waals surface area contributed by atoms with Crippen LogP contribution in [0.15, 0.2) is 54.7 Å². The van der Waals surface area contributed by atoms with E-state index in [9.17, 15) is 14.3 Å². The van der Waals surface area contributed by atoms with E-state index in [2.05, 4.69) is 10.4 Å². The Bertz CT molecular complexity index is 919. The molecular weight excluding hydrogens is 321 g/mol. The topological polar surface area (TPSA) is 67.2 Å². The molecule has 0 aliphatic carbocycles. The highest BCUT2D eigenvalue weighted by Gasteiger charge is 2.18. The van der Waals surface area contributed by atoms with Crippen molar-refractivity contribution in [3.63, 3.8) is 0 Å². The summed E-state index contributed by atoms with van der Waals surface area (Å²) in [5.74, 6) is -0.784. The molecule has 0 bridgehead atoms. The number of nitrogens with zero attached hydrogens (tertiary/aromatic N) is 2. The quantitative estimate of drug-likeness (QED) is 0.763. The van der Waals surface area contributed by atoms with Crippen LogP contribution < -0.4 is 5.32 Å². The van der Waals surface area contributed by atoms with Gasteiger partial charge in [-0.15, -0.1) is 0 Å². The summed E-state index contributed by atoms with van der Waals surface area (Å²) in [4.78, 5) is 12.6. The first-order valence-corrected chi connectivity index (χ1v) is 7.87. The third kappa shape index (κ3) is 3.29. The maximum absolute atomic E-state index is 14.0. The van der Waals surface area contributed by atoms with E-state index < -0.39 is 11.9 Å². The molecule has 25 heavy (non-hydrogen) atoms. The van der Waals surface area contributed by atoms with Crippen LogP contribution in [-0.2, 0) is 0 Å². The van der Waals surface area contributed by atoms with Crippen molar-refractivity contribution in [3.8, 4) is 5.69 Å². The largest absolute Gasteiger partial charge is 0.389 e. The zero-order valence-corrected chi connectivity index (χ0v) is 13.9. The molecule has 1 atom stereocenters. The molecule has 0 aliphatic heterocycles. The van der Waals surface area contributed by atoms with Crippen LogP contribution in [-0.4, -0.2) is 20.8 Å². The van der Waals surface area contributed by atoms with Gasteiger partial charge in [-0.1, -0.05) is 30.3 Å². The van der Waals surface area contributed by atoms with Crippen molar-refractivity contribution in [2.45, 2.75) is 20.0 Å². The van der Waals surface area contributed by atoms with Crippen LogP contribution in [0.25, 0.3) is 5.69 Å². The average molecular weight is 339 g/mol. The van der Waals surface area contributed by atoms with E-state index in [-0.39, 0.29) is 11.6 Å². The Morgan fingerprint density at radius 3 is 2.60 bits per heavy atom. The zero-order valence-electron chi connectivity index (χ0n) is 13.9. The van der Waals surface area contributed by atoms with Gasteiger partial charge in [-0.2, -0.15) is 5.10 Å². The third-order valence-electron chi connectivity index (χ3n) is 3.99. The molecule has 1 amide bonds. The van der Waals surface area contributed by atoms with Crippen LogP contribution in [0, 0.1) is 12.7 Å². The van der Waals surface area contributed by atoms with E-state index in [1.54, 1.807) is 56.3 Å². The van der Waals surface area contributed by atoms with Crippen LogP contribution in [0.5, 0.6) is 0 Å². The van der Waals surface area contributed by atoms with E-state index in [0.717, 1.165) is 0 Å². The van der Waals surface area contributed by atoms with Gasteiger partial charge in [0.2, 0.25) is 0 Å². The number of carbonyl (C=O) groups is 1. The number of hydrogen-bond donors (Lipinski definition) is 2. The molecule has 0 saturated carbocycles. The van der Waals surface area contributed by atoms with Gasteiger partial charge in [-0.05, 0) is 32.0 Å². The van der Waals surface area contributed by atoms with Crippen LogP contribution in [0.1, 0.15) is 34.6 Å². The van der Waals surface area contributed by atoms with E-state index in [1.807, 2.05) is 0 Å². The number of aromatic nitrogens is 2. The summed E-state index contributed by atoms with van der Waals surface area (Å²) in [6.07, 6.45) is 0.695. The number of aliphatic hydroxyl groups excluding tert-OH is 1. The first-order chi connectivity index (χ1) is 12.0. The Kier molecular flexibility index (Phi) is 4.63. The molecule has 0 radical (unpaired) electrons. The molecule has 0 aliphatic rings. The monoisotopic (exact) mass is 339 g/mol. The fourth-order valence-corrected chi connectivity index (χ4v) is 2.66. The molecule has 5 nitrogen and oxygen atoms in total. The van der Waals surface area contributed by atoms with Gasteiger partial charge in [-0.25, -0.2) is 9.07 Å². The van der Waals surface area contributed by atoms with Crippen LogP contribution in [0.4, 0.5) is 10.1 Å². The number of halogens is 1. The highest BCUT2D eigenvalue weighted by atomic mass is 19.1. The molecule has 0 spiro atoms. The minimum atomic E-state index is -0.710. The molecule has 128 valence electrons. The summed E-state index contributed by atoms with van der Waals surface area (Å²) in [7, 11) is 0. The normalized spacial score (nSPS) is 12.0. The lowest BCUT2D eigenvalue weighted by Gasteiger charge is -2.13. The molecule has 1 heterocycles. The highest BCUT2D eigenvalue weighted by molar-refractivity contribution is 6.05. The summed E-state index contributed by atoms with van der Waals surface area (Å²) in [5.41, 5.74) is 2.29. The Morgan fingerprint density at radius 1 is 1.20 bits per heavy atom. The smallest absolute Gasteiger partial charge is 0.259 e. The van der Waals surface area contributed by atoms with Gasteiger partial charge < -0.3 is 10.4 Å². The third-order valence-corrected chi connectivity index (χ3v) is 3.99. The fraction of sp³-hybridized carbons (Fsp3) is 0.158. The van der Waals surface area contributed by atoms with Crippen molar-refractivity contribution in [1.29, 1.82) is 0 Å². The molecule has 1 unspecified atom stereocenters. The first-order valence-electron chi connectivity index (χ1n) is 7.87. The van der Waals surface area contributed by atoms with E-state index in [0.29, 0.717) is 22.5 Å². The lowest BCUT2D eigenvalue weighted by molar-refractivity contribution is 0.102. The van der Waals surface area contributed by atoms with Gasteiger partial charge in [0.15, 0.2) is 0 Å². The van der Waals surface area contributed by atoms with Gasteiger partial charge in [0.25, 0.3) is 5.91 Å². The van der Waals surface area contributed by atoms with E-state index in [4.69, 9.17) is 0 Å². The molecular formula is C19H18FN3O2. The summed E-state index contributed by atoms with van der Waals surface area (Å²) in [5, 5.41) is 16.7. The second kappa shape index (κ2) is 6.86. The van der Waals surface area contributed by atoms with Crippen molar-refractivity contribution in [2.24, 2.45) is 0 Å². The standard InChI is InChI=1S/C19H18FN3O2/c1-12-15(11-21-23(12)18-10-6-4-8-16(18)20)19(25)22-17-9-5-3-7-14(17)13(2)24/h3-11,13,24H,1-2H3,(H,22,25). The Hall–Kier alpha value is -2.99. The first kappa shape index (κ1) is 16.9. The number of carbonyl (C=O) groups excluding carboxylic acids is 1. The van der Waals surface area contributed by atoms with Crippen molar-refractivity contribution in [1.82, 2.24) is 9.78 Å². The van der Waals surface area contributed by atoms with Crippen LogP contribution in [0.2, 0.25) is 0 Å². The molecule has 0 saturated heterocycles. The Labute approximate surface area is 144 Å². The molecule has 2 aromatic carbocycles. The van der Waals surface area contributed by atoms with Crippen molar-refractivity contribution < 1.29 is 14.3 Å². The van der Waals surface area contributed by atoms with Gasteiger partial charge in [0, 0.05) is 11.3 Å². The number of aliphatic hydroxyl groups is 1. The molecule has 3 aromatic rings. The van der Waals surface area contributed by atoms with E-state index in [1.165, 1.54) is 16.9 Å². The average Bonchev–Trinajstić information content (AvgIpc) is 2.97. The number of nitrogens with one attached hydrogen (secondary N) is 1. The predicted octanol–water partition coefficient (Wildman–Crippen LogP) is 3.63. The van der Waals surface area contributed by atoms with Crippen LogP contribution >= 0.6 is 0 Å². The lowest BCUT2D eigenvalue weighted by atomic mass is 10.1. The summed E-state index contributed by atoms with van der Waals surface area (Å²) < 4.78 is 15.4. The second-order valence-corrected chi connectivity index (χ2v) is 5.72. The highest BCUT2D eigenvalue weighted by Crippen LogP contribution is 2.24. The minimum absolute atomic E-state index is 0.281. The number of para-hydroxylation sites is 2. The van der Waals surface area contributed by atoms with Crippen LogP contribution in [0.3, 0.4) is 0 Å². The van der Waals surface area contributed by atoms with Gasteiger partial charge in [-0.3, -0.25) is 4.79 Å². The number of rotatable bonds is 4. The number of amides is 1. The maximum Gasteiger partial charge on any atom is 0.259 e. The van der Waals surface area contributed by atoms with Gasteiger partial charge >= 0.3 is 0 Å². The minimum Gasteiger partial charge on any atom is -0.389 e. The zero-order chi connectivity index (χ0) is 18.0. The molecule has 0 fully saturated rings. The molecule has 3 rings (SSSR count). The predicted molar refractivity (Wildman–Crippen MR) is 93.3 cm³/mol. The van der Waals surface area contributed by atoms with Crippen molar-refractivity contribution >= 4 is 11.6 Å². The number of benzene rings is 2. The fourth-order valence-electron chi connectivity index (χ4n) is 2.66. The van der Waals surface area contributed by atoms with Gasteiger partial charge in [0.05, 0.1) is 23.6 Å². The molecule has 6 heteroatoms. The summed E-state index contributed by atoms with van der Waals surface area (Å²) in [6.45, 7) is 3.33. The number of anilines is 1. The lowest BCUT2D eigenvalue weighted by Crippen LogP contribution is -2.15.